The van der Waals surface area contributed by atoms with Crippen molar-refractivity contribution in [3.05, 3.63) is 54.2 Å². The largest absolute Gasteiger partial charge is 0.480 e. The van der Waals surface area contributed by atoms with Crippen LogP contribution in [0.4, 0.5) is 0 Å². The second kappa shape index (κ2) is 12.9. The van der Waals surface area contributed by atoms with E-state index in [2.05, 4.69) is 43.5 Å². The molecule has 3 aromatic rings. The number of aromatic nitrogens is 3. The molecule has 198 valence electrons. The number of nitrogens with zero attached hydrogens (tertiary/aromatic N) is 1. The lowest BCUT2D eigenvalue weighted by Gasteiger charge is -2.24. The number of nitrogens with one attached hydrogen (secondary N) is 5. The van der Waals surface area contributed by atoms with Gasteiger partial charge in [-0.3, -0.25) is 14.4 Å². The molecule has 0 aliphatic carbocycles. The van der Waals surface area contributed by atoms with Crippen molar-refractivity contribution in [1.82, 2.24) is 30.9 Å². The number of carboxylic acid groups (broad SMARTS) is 1. The Morgan fingerprint density at radius 2 is 1.65 bits per heavy atom. The minimum Gasteiger partial charge on any atom is -0.480 e. The molecule has 0 saturated carbocycles. The molecular formula is C23H29N7O6S. The third-order valence-corrected chi connectivity index (χ3v) is 6.04. The first-order valence-corrected chi connectivity index (χ1v) is 12.0. The Balaban J connectivity index is 1.74. The van der Waals surface area contributed by atoms with E-state index in [1.54, 1.807) is 6.20 Å². The molecule has 0 fully saturated rings. The minimum atomic E-state index is -1.28. The fourth-order valence-electron chi connectivity index (χ4n) is 3.65. The summed E-state index contributed by atoms with van der Waals surface area (Å²) in [6.45, 7) is -0.623. The Hall–Kier alpha value is -3.88. The number of hydrogen-bond donors (Lipinski definition) is 9. The highest BCUT2D eigenvalue weighted by Gasteiger charge is 2.30. The SMILES string of the molecule is NC(CO)C(=O)NC(Cc1c[nH]c2ccccc12)C(=O)NC(CS)C(=O)NC(Cc1cnc[nH]1)C(=O)O. The normalized spacial score (nSPS) is 14.4. The molecule has 3 rings (SSSR count). The predicted octanol–water partition coefficient (Wildman–Crippen LogP) is -1.54. The van der Waals surface area contributed by atoms with Crippen LogP contribution in [0.1, 0.15) is 11.3 Å². The fraction of sp³-hybridized carbons (Fsp3) is 0.348. The van der Waals surface area contributed by atoms with E-state index in [0.29, 0.717) is 5.69 Å². The van der Waals surface area contributed by atoms with Crippen LogP contribution in [-0.4, -0.2) is 85.4 Å². The molecule has 9 N–H and O–H groups in total. The number of para-hydroxylation sites is 1. The monoisotopic (exact) mass is 531 g/mol. The number of aliphatic hydroxyl groups excluding tert-OH is 1. The first-order chi connectivity index (χ1) is 17.7. The number of imidazole rings is 1. The minimum absolute atomic E-state index is 0.0490. The number of fused-ring (bicyclic) bond motifs is 1. The molecule has 2 heterocycles. The molecule has 4 unspecified atom stereocenters. The van der Waals surface area contributed by atoms with Crippen LogP contribution < -0.4 is 21.7 Å². The van der Waals surface area contributed by atoms with Gasteiger partial charge in [-0.05, 0) is 11.6 Å². The summed E-state index contributed by atoms with van der Waals surface area (Å²) in [6.07, 6.45) is 4.54. The van der Waals surface area contributed by atoms with Crippen molar-refractivity contribution in [2.24, 2.45) is 5.73 Å². The zero-order valence-corrected chi connectivity index (χ0v) is 20.6. The van der Waals surface area contributed by atoms with E-state index < -0.39 is 54.5 Å². The van der Waals surface area contributed by atoms with Crippen molar-refractivity contribution >= 4 is 47.2 Å². The van der Waals surface area contributed by atoms with Crippen molar-refractivity contribution in [3.8, 4) is 0 Å². The summed E-state index contributed by atoms with van der Waals surface area (Å²) in [7, 11) is 0. The number of aliphatic hydroxyl groups is 1. The van der Waals surface area contributed by atoms with Gasteiger partial charge >= 0.3 is 5.97 Å². The molecule has 0 radical (unpaired) electrons. The maximum atomic E-state index is 13.2. The van der Waals surface area contributed by atoms with Gasteiger partial charge in [0, 0.05) is 47.6 Å². The van der Waals surface area contributed by atoms with E-state index in [0.717, 1.165) is 16.5 Å². The number of hydrogen-bond acceptors (Lipinski definition) is 8. The first-order valence-electron chi connectivity index (χ1n) is 11.4. The maximum absolute atomic E-state index is 13.2. The third-order valence-electron chi connectivity index (χ3n) is 5.67. The number of thiol groups is 1. The molecule has 14 heteroatoms. The predicted molar refractivity (Wildman–Crippen MR) is 137 cm³/mol. The van der Waals surface area contributed by atoms with Gasteiger partial charge in [-0.2, -0.15) is 12.6 Å². The number of nitrogens with two attached hydrogens (primary N) is 1. The zero-order chi connectivity index (χ0) is 26.9. The van der Waals surface area contributed by atoms with Crippen LogP contribution in [0.5, 0.6) is 0 Å². The lowest BCUT2D eigenvalue weighted by atomic mass is 10.0. The topological polar surface area (TPSA) is 215 Å². The summed E-state index contributed by atoms with van der Waals surface area (Å²) >= 11 is 4.13. The summed E-state index contributed by atoms with van der Waals surface area (Å²) in [4.78, 5) is 59.8. The smallest absolute Gasteiger partial charge is 0.326 e. The van der Waals surface area contributed by atoms with Gasteiger partial charge in [0.05, 0.1) is 12.9 Å². The van der Waals surface area contributed by atoms with Crippen molar-refractivity contribution in [1.29, 1.82) is 0 Å². The average Bonchev–Trinajstić information content (AvgIpc) is 3.55. The molecule has 0 spiro atoms. The van der Waals surface area contributed by atoms with E-state index in [1.807, 2.05) is 24.3 Å². The van der Waals surface area contributed by atoms with Crippen LogP contribution in [0.2, 0.25) is 0 Å². The molecule has 2 aromatic heterocycles. The third kappa shape index (κ3) is 7.31. The Bertz CT molecular complexity index is 1230. The van der Waals surface area contributed by atoms with Gasteiger partial charge in [0.25, 0.3) is 0 Å². The van der Waals surface area contributed by atoms with Crippen LogP contribution in [0, 0.1) is 0 Å². The van der Waals surface area contributed by atoms with Gasteiger partial charge in [-0.15, -0.1) is 0 Å². The fourth-order valence-corrected chi connectivity index (χ4v) is 3.90. The van der Waals surface area contributed by atoms with Crippen LogP contribution in [-0.2, 0) is 32.0 Å². The molecule has 0 aliphatic heterocycles. The number of rotatable bonds is 13. The highest BCUT2D eigenvalue weighted by atomic mass is 32.1. The van der Waals surface area contributed by atoms with Crippen molar-refractivity contribution in [2.75, 3.05) is 12.4 Å². The number of carbonyl (C=O) groups excluding carboxylic acids is 3. The number of amides is 3. The highest BCUT2D eigenvalue weighted by Crippen LogP contribution is 2.19. The second-order valence-corrected chi connectivity index (χ2v) is 8.70. The van der Waals surface area contributed by atoms with Crippen molar-refractivity contribution < 1.29 is 29.4 Å². The standard InChI is InChI=1S/C23H29N7O6S/c24-15(9-31)20(32)28-17(5-12-7-26-16-4-2-1-3-14(12)16)21(33)30-19(10-37)22(34)29-18(23(35)36)6-13-8-25-11-27-13/h1-4,7-8,11,15,17-19,26,31,37H,5-6,9-10,24H2,(H,25,27)(H,28,32)(H,29,34)(H,30,33)(H,35,36). The Morgan fingerprint density at radius 1 is 0.973 bits per heavy atom. The summed E-state index contributed by atoms with van der Waals surface area (Å²) in [5, 5.41) is 27.0. The Kier molecular flexibility index (Phi) is 9.65. The lowest BCUT2D eigenvalue weighted by Crippen LogP contribution is -2.58. The van der Waals surface area contributed by atoms with Crippen molar-refractivity contribution in [2.45, 2.75) is 37.0 Å². The molecule has 0 aliphatic rings. The van der Waals surface area contributed by atoms with Crippen LogP contribution >= 0.6 is 12.6 Å². The van der Waals surface area contributed by atoms with Crippen LogP contribution in [0.3, 0.4) is 0 Å². The molecule has 0 saturated heterocycles. The van der Waals surface area contributed by atoms with Crippen LogP contribution in [0.25, 0.3) is 10.9 Å². The molecule has 37 heavy (non-hydrogen) atoms. The highest BCUT2D eigenvalue weighted by molar-refractivity contribution is 7.80. The second-order valence-electron chi connectivity index (χ2n) is 8.34. The number of aromatic amines is 2. The molecule has 4 atom stereocenters. The Labute approximate surface area is 217 Å². The van der Waals surface area contributed by atoms with E-state index in [4.69, 9.17) is 5.73 Å². The average molecular weight is 532 g/mol. The van der Waals surface area contributed by atoms with Crippen molar-refractivity contribution in [3.63, 3.8) is 0 Å². The quantitative estimate of drug-likeness (QED) is 0.118. The molecule has 13 nitrogen and oxygen atoms in total. The number of H-pyrrole nitrogens is 2. The summed E-state index contributed by atoms with van der Waals surface area (Å²) < 4.78 is 0. The van der Waals surface area contributed by atoms with E-state index in [9.17, 15) is 29.4 Å². The molecule has 1 aromatic carbocycles. The first kappa shape index (κ1) is 27.7. The maximum Gasteiger partial charge on any atom is 0.326 e. The molecular weight excluding hydrogens is 502 g/mol. The van der Waals surface area contributed by atoms with Gasteiger partial charge in [0.1, 0.15) is 24.2 Å². The van der Waals surface area contributed by atoms with Gasteiger partial charge in [-0.1, -0.05) is 18.2 Å². The van der Waals surface area contributed by atoms with Gasteiger partial charge in [0.2, 0.25) is 17.7 Å². The van der Waals surface area contributed by atoms with Crippen LogP contribution in [0.15, 0.2) is 43.0 Å². The lowest BCUT2D eigenvalue weighted by molar-refractivity contribution is -0.142. The summed E-state index contributed by atoms with van der Waals surface area (Å²) in [5.41, 5.74) is 7.67. The number of carboxylic acids is 1. The van der Waals surface area contributed by atoms with E-state index in [1.165, 1.54) is 12.5 Å². The van der Waals surface area contributed by atoms with Gasteiger partial charge < -0.3 is 41.9 Å². The summed E-state index contributed by atoms with van der Waals surface area (Å²) in [5.74, 6) is -3.63. The Morgan fingerprint density at radius 3 is 2.30 bits per heavy atom. The summed E-state index contributed by atoms with van der Waals surface area (Å²) in [6, 6.07) is 2.51. The zero-order valence-electron chi connectivity index (χ0n) is 19.7. The molecule has 0 bridgehead atoms. The van der Waals surface area contributed by atoms with E-state index in [-0.39, 0.29) is 18.6 Å². The molecule has 3 amide bonds. The van der Waals surface area contributed by atoms with E-state index >= 15 is 0 Å². The number of carbonyl (C=O) groups is 4. The van der Waals surface area contributed by atoms with Gasteiger partial charge in [-0.25, -0.2) is 9.78 Å². The van der Waals surface area contributed by atoms with Gasteiger partial charge in [0.15, 0.2) is 0 Å². The number of aliphatic carboxylic acids is 1. The number of benzene rings is 1.